The van der Waals surface area contributed by atoms with Crippen LogP contribution in [0.1, 0.15) is 10.4 Å². The molecule has 0 heterocycles. The van der Waals surface area contributed by atoms with E-state index in [9.17, 15) is 9.18 Å². The lowest BCUT2D eigenvalue weighted by molar-refractivity contribution is -0.0132. The summed E-state index contributed by atoms with van der Waals surface area (Å²) in [5.41, 5.74) is -0.00417. The van der Waals surface area contributed by atoms with Gasteiger partial charge in [-0.05, 0) is 6.07 Å². The summed E-state index contributed by atoms with van der Waals surface area (Å²) in [6.07, 6.45) is 0. The summed E-state index contributed by atoms with van der Waals surface area (Å²) < 4.78 is 32.3. The molecule has 100 valence electrons. The molecule has 0 fully saturated rings. The minimum atomic E-state index is -0.732. The second kappa shape index (κ2) is 7.15. The monoisotopic (exact) mass is 278 g/mol. The Morgan fingerprint density at radius 3 is 2.56 bits per heavy atom. The Labute approximate surface area is 108 Å². The van der Waals surface area contributed by atoms with E-state index in [4.69, 9.17) is 21.1 Å². The number of hydrogen-bond donors (Lipinski definition) is 0. The van der Waals surface area contributed by atoms with Crippen molar-refractivity contribution in [2.24, 2.45) is 0 Å². The molecule has 0 aliphatic rings. The van der Waals surface area contributed by atoms with Gasteiger partial charge in [-0.25, -0.2) is 9.18 Å². The summed E-state index contributed by atoms with van der Waals surface area (Å²) in [7, 11) is 2.77. The van der Waals surface area contributed by atoms with E-state index in [2.05, 4.69) is 9.47 Å². The van der Waals surface area contributed by atoms with Crippen LogP contribution in [0.2, 0.25) is 5.02 Å². The van der Waals surface area contributed by atoms with E-state index in [1.165, 1.54) is 14.2 Å². The molecule has 0 saturated carbocycles. The Kier molecular flexibility index (Phi) is 5.84. The van der Waals surface area contributed by atoms with Gasteiger partial charge in [-0.2, -0.15) is 0 Å². The minimum Gasteiger partial charge on any atom is -0.467 e. The molecular weight excluding hydrogens is 267 g/mol. The third-order valence-corrected chi connectivity index (χ3v) is 2.17. The van der Waals surface area contributed by atoms with Gasteiger partial charge in [0, 0.05) is 20.3 Å². The van der Waals surface area contributed by atoms with Crippen molar-refractivity contribution in [1.82, 2.24) is 0 Å². The second-order valence-corrected chi connectivity index (χ2v) is 3.56. The molecule has 0 aliphatic carbocycles. The first-order valence-corrected chi connectivity index (χ1v) is 5.24. The van der Waals surface area contributed by atoms with Crippen molar-refractivity contribution in [3.8, 4) is 5.75 Å². The average Bonchev–Trinajstić information content (AvgIpc) is 2.36. The van der Waals surface area contributed by atoms with Crippen LogP contribution in [-0.2, 0) is 14.2 Å². The molecule has 1 aromatic carbocycles. The number of benzene rings is 1. The molecule has 0 saturated heterocycles. The normalized spacial score (nSPS) is 10.2. The maximum absolute atomic E-state index is 13.3. The van der Waals surface area contributed by atoms with E-state index >= 15 is 0 Å². The number of halogens is 2. The molecule has 0 aliphatic heterocycles. The Morgan fingerprint density at radius 1 is 1.28 bits per heavy atom. The van der Waals surface area contributed by atoms with Crippen molar-refractivity contribution in [3.63, 3.8) is 0 Å². The SMILES string of the molecule is COCOC(=O)c1cc(Cl)c(F)cc1OCOC. The van der Waals surface area contributed by atoms with Crippen molar-refractivity contribution in [2.75, 3.05) is 27.8 Å². The quantitative estimate of drug-likeness (QED) is 0.590. The number of carbonyl (C=O) groups is 1. The number of hydrogen-bond acceptors (Lipinski definition) is 5. The van der Waals surface area contributed by atoms with Gasteiger partial charge in [-0.15, -0.1) is 0 Å². The third kappa shape index (κ3) is 3.83. The van der Waals surface area contributed by atoms with Crippen LogP contribution in [0.3, 0.4) is 0 Å². The number of ether oxygens (including phenoxy) is 4. The van der Waals surface area contributed by atoms with E-state index in [-0.39, 0.29) is 29.9 Å². The van der Waals surface area contributed by atoms with Gasteiger partial charge in [0.2, 0.25) is 0 Å². The van der Waals surface area contributed by atoms with Gasteiger partial charge in [0.1, 0.15) is 17.1 Å². The summed E-state index contributed by atoms with van der Waals surface area (Å²) in [5, 5.41) is -0.205. The van der Waals surface area contributed by atoms with Crippen molar-refractivity contribution in [2.45, 2.75) is 0 Å². The lowest BCUT2D eigenvalue weighted by Gasteiger charge is -2.11. The van der Waals surface area contributed by atoms with E-state index in [0.29, 0.717) is 0 Å². The van der Waals surface area contributed by atoms with Gasteiger partial charge in [0.25, 0.3) is 0 Å². The van der Waals surface area contributed by atoms with Crippen LogP contribution in [0.25, 0.3) is 0 Å². The Bertz CT molecular complexity index is 424. The fourth-order valence-electron chi connectivity index (χ4n) is 1.12. The van der Waals surface area contributed by atoms with E-state index in [1.54, 1.807) is 0 Å². The summed E-state index contributed by atoms with van der Waals surface area (Å²) >= 11 is 5.60. The molecule has 7 heteroatoms. The fraction of sp³-hybridized carbons (Fsp3) is 0.364. The van der Waals surface area contributed by atoms with Gasteiger partial charge < -0.3 is 18.9 Å². The van der Waals surface area contributed by atoms with Crippen LogP contribution in [0, 0.1) is 5.82 Å². The highest BCUT2D eigenvalue weighted by atomic mass is 35.5. The maximum Gasteiger partial charge on any atom is 0.344 e. The standard InChI is InChI=1S/C11H12ClFO5/c1-15-5-17-10-4-9(13)8(12)3-7(10)11(14)18-6-16-2/h3-4H,5-6H2,1-2H3. The lowest BCUT2D eigenvalue weighted by atomic mass is 10.2. The molecule has 1 aromatic rings. The topological polar surface area (TPSA) is 54.0 Å². The number of rotatable bonds is 6. The van der Waals surface area contributed by atoms with Crippen molar-refractivity contribution < 1.29 is 28.1 Å². The highest BCUT2D eigenvalue weighted by Crippen LogP contribution is 2.27. The highest BCUT2D eigenvalue weighted by molar-refractivity contribution is 6.31. The summed E-state index contributed by atoms with van der Waals surface area (Å²) in [4.78, 5) is 11.6. The Morgan fingerprint density at radius 2 is 1.94 bits per heavy atom. The van der Waals surface area contributed by atoms with Gasteiger partial charge in [-0.3, -0.25) is 0 Å². The number of methoxy groups -OCH3 is 2. The molecule has 1 rings (SSSR count). The lowest BCUT2D eigenvalue weighted by Crippen LogP contribution is -2.11. The summed E-state index contributed by atoms with van der Waals surface area (Å²) in [6.45, 7) is -0.358. The Balaban J connectivity index is 2.98. The highest BCUT2D eigenvalue weighted by Gasteiger charge is 2.17. The van der Waals surface area contributed by atoms with Crippen LogP contribution in [0.5, 0.6) is 5.75 Å². The first-order valence-electron chi connectivity index (χ1n) is 4.87. The van der Waals surface area contributed by atoms with E-state index in [0.717, 1.165) is 12.1 Å². The molecular formula is C11H12ClFO5. The van der Waals surface area contributed by atoms with Gasteiger partial charge in [0.15, 0.2) is 13.6 Å². The second-order valence-electron chi connectivity index (χ2n) is 3.15. The maximum atomic E-state index is 13.3. The van der Waals surface area contributed by atoms with Crippen molar-refractivity contribution >= 4 is 17.6 Å². The summed E-state index contributed by atoms with van der Waals surface area (Å²) in [5.74, 6) is -1.45. The largest absolute Gasteiger partial charge is 0.467 e. The zero-order valence-corrected chi connectivity index (χ0v) is 10.6. The fourth-order valence-corrected chi connectivity index (χ4v) is 1.28. The van der Waals surface area contributed by atoms with Crippen molar-refractivity contribution in [1.29, 1.82) is 0 Å². The van der Waals surface area contributed by atoms with Crippen LogP contribution in [0.15, 0.2) is 12.1 Å². The molecule has 0 spiro atoms. The summed E-state index contributed by atoms with van der Waals surface area (Å²) in [6, 6.07) is 2.12. The van der Waals surface area contributed by atoms with Crippen LogP contribution in [0.4, 0.5) is 4.39 Å². The van der Waals surface area contributed by atoms with Gasteiger partial charge in [0.05, 0.1) is 5.02 Å². The van der Waals surface area contributed by atoms with Crippen LogP contribution >= 0.6 is 11.6 Å². The van der Waals surface area contributed by atoms with E-state index < -0.39 is 11.8 Å². The molecule has 0 unspecified atom stereocenters. The van der Waals surface area contributed by atoms with Crippen LogP contribution < -0.4 is 4.74 Å². The zero-order valence-electron chi connectivity index (χ0n) is 9.87. The van der Waals surface area contributed by atoms with E-state index in [1.807, 2.05) is 0 Å². The van der Waals surface area contributed by atoms with Crippen LogP contribution in [-0.4, -0.2) is 33.8 Å². The predicted octanol–water partition coefficient (Wildman–Crippen LogP) is 2.22. The molecule has 0 radical (unpaired) electrons. The minimum absolute atomic E-state index is 0.00417. The first kappa shape index (κ1) is 14.7. The molecule has 0 aromatic heterocycles. The Hall–Kier alpha value is -1.37. The smallest absolute Gasteiger partial charge is 0.344 e. The molecule has 0 bridgehead atoms. The first-order chi connectivity index (χ1) is 8.60. The molecule has 5 nitrogen and oxygen atoms in total. The third-order valence-electron chi connectivity index (χ3n) is 1.88. The molecule has 0 amide bonds. The number of esters is 1. The van der Waals surface area contributed by atoms with Crippen molar-refractivity contribution in [3.05, 3.63) is 28.5 Å². The number of carbonyl (C=O) groups excluding carboxylic acids is 1. The van der Waals surface area contributed by atoms with Gasteiger partial charge >= 0.3 is 5.97 Å². The molecule has 0 atom stereocenters. The van der Waals surface area contributed by atoms with Gasteiger partial charge in [-0.1, -0.05) is 11.6 Å². The zero-order chi connectivity index (χ0) is 13.5. The average molecular weight is 279 g/mol. The molecule has 0 N–H and O–H groups in total. The molecule has 18 heavy (non-hydrogen) atoms. The predicted molar refractivity (Wildman–Crippen MR) is 61.2 cm³/mol.